The van der Waals surface area contributed by atoms with E-state index in [0.29, 0.717) is 6.42 Å². The summed E-state index contributed by atoms with van der Waals surface area (Å²) in [5.41, 5.74) is 0.981. The molecule has 0 unspecified atom stereocenters. The van der Waals surface area contributed by atoms with E-state index in [-0.39, 0.29) is 18.1 Å². The zero-order valence-corrected chi connectivity index (χ0v) is 10.5. The minimum absolute atomic E-state index is 0.0790. The van der Waals surface area contributed by atoms with Gasteiger partial charge in [-0.05, 0) is 33.2 Å². The van der Waals surface area contributed by atoms with Crippen LogP contribution in [0.3, 0.4) is 0 Å². The lowest BCUT2D eigenvalue weighted by Gasteiger charge is -2.29. The Kier molecular flexibility index (Phi) is 3.45. The van der Waals surface area contributed by atoms with Gasteiger partial charge in [0, 0.05) is 6.42 Å². The normalized spacial score (nSPS) is 24.4. The fourth-order valence-electron chi connectivity index (χ4n) is 2.01. The standard InChI is InChI=1S/C13H18N2O2/c1-10(16)12-9-13(14(2)3)15(17-12)11-7-5-4-6-8-11/h4-8,12-13H,9H2,1-3H3/t12-,13+/m1/s1. The Hall–Kier alpha value is -1.39. The number of hydroxylamine groups is 1. The topological polar surface area (TPSA) is 32.8 Å². The summed E-state index contributed by atoms with van der Waals surface area (Å²) in [7, 11) is 3.99. The second-order valence-corrected chi connectivity index (χ2v) is 4.55. The Bertz CT molecular complexity index is 392. The van der Waals surface area contributed by atoms with Crippen LogP contribution in [0.5, 0.6) is 0 Å². The van der Waals surface area contributed by atoms with Crippen LogP contribution in [0.4, 0.5) is 5.69 Å². The first-order valence-corrected chi connectivity index (χ1v) is 5.77. The van der Waals surface area contributed by atoms with Crippen LogP contribution in [0.15, 0.2) is 30.3 Å². The lowest BCUT2D eigenvalue weighted by molar-refractivity contribution is -0.126. The summed E-state index contributed by atoms with van der Waals surface area (Å²) in [4.78, 5) is 19.2. The van der Waals surface area contributed by atoms with Crippen LogP contribution in [0.25, 0.3) is 0 Å². The number of carbonyl (C=O) groups excluding carboxylic acids is 1. The molecule has 0 saturated carbocycles. The Balaban J connectivity index is 2.23. The molecule has 0 aliphatic carbocycles. The number of Topliss-reactive ketones (excluding diaryl/α,β-unsaturated/α-hetero) is 1. The number of anilines is 1. The van der Waals surface area contributed by atoms with Crippen LogP contribution in [0.2, 0.25) is 0 Å². The van der Waals surface area contributed by atoms with Crippen molar-refractivity contribution in [2.45, 2.75) is 25.6 Å². The van der Waals surface area contributed by atoms with Crippen molar-refractivity contribution in [2.75, 3.05) is 19.2 Å². The van der Waals surface area contributed by atoms with Crippen molar-refractivity contribution < 1.29 is 9.63 Å². The molecule has 92 valence electrons. The summed E-state index contributed by atoms with van der Waals surface area (Å²) >= 11 is 0. The second kappa shape index (κ2) is 4.85. The maximum atomic E-state index is 11.4. The van der Waals surface area contributed by atoms with Crippen molar-refractivity contribution in [1.29, 1.82) is 0 Å². The third-order valence-electron chi connectivity index (χ3n) is 3.00. The van der Waals surface area contributed by atoms with E-state index in [1.54, 1.807) is 6.92 Å². The Morgan fingerprint density at radius 1 is 1.35 bits per heavy atom. The van der Waals surface area contributed by atoms with Crippen LogP contribution in [0, 0.1) is 0 Å². The van der Waals surface area contributed by atoms with Crippen LogP contribution < -0.4 is 5.06 Å². The van der Waals surface area contributed by atoms with Gasteiger partial charge in [-0.3, -0.25) is 14.5 Å². The summed E-state index contributed by atoms with van der Waals surface area (Å²) in [6.45, 7) is 1.58. The molecular weight excluding hydrogens is 216 g/mol. The van der Waals surface area contributed by atoms with Crippen molar-refractivity contribution >= 4 is 11.5 Å². The number of rotatable bonds is 3. The van der Waals surface area contributed by atoms with E-state index in [2.05, 4.69) is 4.90 Å². The van der Waals surface area contributed by atoms with Crippen molar-refractivity contribution in [3.8, 4) is 0 Å². The van der Waals surface area contributed by atoms with Gasteiger partial charge in [0.1, 0.15) is 12.3 Å². The Morgan fingerprint density at radius 2 is 2.00 bits per heavy atom. The fourth-order valence-corrected chi connectivity index (χ4v) is 2.01. The maximum Gasteiger partial charge on any atom is 0.161 e. The monoisotopic (exact) mass is 234 g/mol. The summed E-state index contributed by atoms with van der Waals surface area (Å²) < 4.78 is 0. The van der Waals surface area contributed by atoms with Gasteiger partial charge in [-0.2, -0.15) is 0 Å². The predicted molar refractivity (Wildman–Crippen MR) is 66.6 cm³/mol. The number of para-hydroxylation sites is 1. The van der Waals surface area contributed by atoms with Gasteiger partial charge in [0.2, 0.25) is 0 Å². The molecule has 0 amide bonds. The van der Waals surface area contributed by atoms with Gasteiger partial charge in [0.25, 0.3) is 0 Å². The Morgan fingerprint density at radius 3 is 2.53 bits per heavy atom. The van der Waals surface area contributed by atoms with Gasteiger partial charge < -0.3 is 0 Å². The van der Waals surface area contributed by atoms with Crippen LogP contribution >= 0.6 is 0 Å². The SMILES string of the molecule is CC(=O)[C@H]1C[C@@H](N(C)C)N(c2ccccc2)O1. The van der Waals surface area contributed by atoms with Crippen molar-refractivity contribution in [3.05, 3.63) is 30.3 Å². The van der Waals surface area contributed by atoms with Gasteiger partial charge >= 0.3 is 0 Å². The second-order valence-electron chi connectivity index (χ2n) is 4.55. The number of carbonyl (C=O) groups is 1. The van der Waals surface area contributed by atoms with E-state index in [9.17, 15) is 4.79 Å². The third kappa shape index (κ3) is 2.48. The first kappa shape index (κ1) is 12.1. The molecule has 1 aliphatic heterocycles. The molecule has 0 radical (unpaired) electrons. The molecule has 1 heterocycles. The first-order valence-electron chi connectivity index (χ1n) is 5.77. The highest BCUT2D eigenvalue weighted by atomic mass is 16.7. The minimum atomic E-state index is -0.331. The van der Waals surface area contributed by atoms with Crippen LogP contribution in [0.1, 0.15) is 13.3 Å². The number of benzene rings is 1. The molecule has 1 aromatic carbocycles. The maximum absolute atomic E-state index is 11.4. The van der Waals surface area contributed by atoms with E-state index in [1.165, 1.54) is 0 Å². The molecule has 2 atom stereocenters. The number of nitrogens with zero attached hydrogens (tertiary/aromatic N) is 2. The van der Waals surface area contributed by atoms with Crippen LogP contribution in [-0.4, -0.2) is 37.0 Å². The predicted octanol–water partition coefficient (Wildman–Crippen LogP) is 1.67. The van der Waals surface area contributed by atoms with E-state index in [0.717, 1.165) is 5.69 Å². The molecule has 0 N–H and O–H groups in total. The highest BCUT2D eigenvalue weighted by Gasteiger charge is 2.37. The lowest BCUT2D eigenvalue weighted by Crippen LogP contribution is -2.39. The smallest absolute Gasteiger partial charge is 0.161 e. The van der Waals surface area contributed by atoms with Gasteiger partial charge in [0.15, 0.2) is 5.78 Å². The molecule has 1 aliphatic rings. The third-order valence-corrected chi connectivity index (χ3v) is 3.00. The number of hydrogen-bond donors (Lipinski definition) is 0. The van der Waals surface area contributed by atoms with E-state index >= 15 is 0 Å². The van der Waals surface area contributed by atoms with Gasteiger partial charge in [-0.25, -0.2) is 5.06 Å². The first-order chi connectivity index (χ1) is 8.09. The largest absolute Gasteiger partial charge is 0.297 e. The van der Waals surface area contributed by atoms with Gasteiger partial charge in [0.05, 0.1) is 5.69 Å². The lowest BCUT2D eigenvalue weighted by atomic mass is 10.1. The van der Waals surface area contributed by atoms with Crippen molar-refractivity contribution in [2.24, 2.45) is 0 Å². The quantitative estimate of drug-likeness (QED) is 0.796. The fraction of sp³-hybridized carbons (Fsp3) is 0.462. The van der Waals surface area contributed by atoms with Crippen LogP contribution in [-0.2, 0) is 9.63 Å². The molecule has 0 bridgehead atoms. The van der Waals surface area contributed by atoms with Crippen molar-refractivity contribution in [3.63, 3.8) is 0 Å². The summed E-state index contributed by atoms with van der Waals surface area (Å²) in [6.07, 6.45) is 0.478. The molecule has 1 saturated heterocycles. The van der Waals surface area contributed by atoms with E-state index in [4.69, 9.17) is 4.84 Å². The zero-order valence-electron chi connectivity index (χ0n) is 10.5. The molecule has 4 heteroatoms. The number of hydrogen-bond acceptors (Lipinski definition) is 4. The molecule has 4 nitrogen and oxygen atoms in total. The average molecular weight is 234 g/mol. The van der Waals surface area contributed by atoms with Gasteiger partial charge in [-0.1, -0.05) is 18.2 Å². The molecule has 2 rings (SSSR count). The molecular formula is C13H18N2O2. The molecule has 17 heavy (non-hydrogen) atoms. The molecule has 1 aromatic rings. The zero-order chi connectivity index (χ0) is 12.4. The molecule has 0 spiro atoms. The molecule has 0 aromatic heterocycles. The molecule has 1 fully saturated rings. The van der Waals surface area contributed by atoms with E-state index < -0.39 is 0 Å². The highest BCUT2D eigenvalue weighted by Crippen LogP contribution is 2.29. The number of ketones is 1. The van der Waals surface area contributed by atoms with Gasteiger partial charge in [-0.15, -0.1) is 0 Å². The summed E-state index contributed by atoms with van der Waals surface area (Å²) in [6, 6.07) is 9.86. The Labute approximate surface area is 102 Å². The summed E-state index contributed by atoms with van der Waals surface area (Å²) in [5, 5.41) is 1.83. The highest BCUT2D eigenvalue weighted by molar-refractivity contribution is 5.81. The van der Waals surface area contributed by atoms with Crippen molar-refractivity contribution in [1.82, 2.24) is 4.90 Å². The average Bonchev–Trinajstić information content (AvgIpc) is 2.75. The van der Waals surface area contributed by atoms with E-state index in [1.807, 2.05) is 49.5 Å². The summed E-state index contributed by atoms with van der Waals surface area (Å²) in [5.74, 6) is 0.0790. The minimum Gasteiger partial charge on any atom is -0.297 e.